The Kier molecular flexibility index (Phi) is 6.19. The van der Waals surface area contributed by atoms with Crippen LogP contribution in [0.3, 0.4) is 0 Å². The average molecular weight is 305 g/mol. The largest absolute Gasteiger partial charge is 0.378 e. The van der Waals surface area contributed by atoms with E-state index in [2.05, 4.69) is 10.3 Å². The zero-order valence-corrected chi connectivity index (χ0v) is 13.9. The minimum absolute atomic E-state index is 0.0349. The molecule has 0 saturated carbocycles. The highest BCUT2D eigenvalue weighted by Crippen LogP contribution is 2.16. The van der Waals surface area contributed by atoms with Crippen LogP contribution < -0.4 is 5.32 Å². The average Bonchev–Trinajstić information content (AvgIpc) is 2.99. The molecule has 1 aromatic heterocycles. The molecule has 0 aliphatic carbocycles. The lowest BCUT2D eigenvalue weighted by atomic mass is 10.1. The van der Waals surface area contributed by atoms with Gasteiger partial charge in [0.25, 0.3) is 0 Å². The molecule has 2 amide bonds. The van der Waals surface area contributed by atoms with Crippen LogP contribution in [0.15, 0.2) is 12.3 Å². The van der Waals surface area contributed by atoms with Crippen molar-refractivity contribution in [2.45, 2.75) is 52.2 Å². The third kappa shape index (κ3) is 4.98. The molecular formula is C17H27N3O2. The highest BCUT2D eigenvalue weighted by molar-refractivity contribution is 5.73. The molecule has 1 aliphatic rings. The second kappa shape index (κ2) is 8.13. The fourth-order valence-corrected chi connectivity index (χ4v) is 2.75. The molecule has 0 radical (unpaired) electrons. The lowest BCUT2D eigenvalue weighted by molar-refractivity contribution is 0.100. The second-order valence-electron chi connectivity index (χ2n) is 6.11. The number of amides is 2. The highest BCUT2D eigenvalue weighted by Gasteiger charge is 2.16. The molecule has 5 heteroatoms. The zero-order chi connectivity index (χ0) is 15.9. The van der Waals surface area contributed by atoms with E-state index < -0.39 is 0 Å². The van der Waals surface area contributed by atoms with Gasteiger partial charge in [-0.3, -0.25) is 4.98 Å². The summed E-state index contributed by atoms with van der Waals surface area (Å²) >= 11 is 0. The third-order valence-corrected chi connectivity index (χ3v) is 4.18. The summed E-state index contributed by atoms with van der Waals surface area (Å²) in [5.74, 6) is 0. The Morgan fingerprint density at radius 1 is 1.50 bits per heavy atom. The molecule has 0 bridgehead atoms. The van der Waals surface area contributed by atoms with Gasteiger partial charge < -0.3 is 15.0 Å². The van der Waals surface area contributed by atoms with E-state index in [-0.39, 0.29) is 6.03 Å². The van der Waals surface area contributed by atoms with Crippen LogP contribution in [0.2, 0.25) is 0 Å². The van der Waals surface area contributed by atoms with Crippen LogP contribution in [-0.4, -0.2) is 42.2 Å². The smallest absolute Gasteiger partial charge is 0.317 e. The van der Waals surface area contributed by atoms with Gasteiger partial charge in [0.15, 0.2) is 0 Å². The molecule has 0 unspecified atom stereocenters. The molecule has 0 aromatic carbocycles. The Morgan fingerprint density at radius 3 is 3.00 bits per heavy atom. The van der Waals surface area contributed by atoms with Crippen LogP contribution in [0.4, 0.5) is 4.79 Å². The van der Waals surface area contributed by atoms with Crippen molar-refractivity contribution in [3.05, 3.63) is 29.1 Å². The topological polar surface area (TPSA) is 54.5 Å². The molecule has 122 valence electrons. The van der Waals surface area contributed by atoms with Crippen molar-refractivity contribution < 1.29 is 9.53 Å². The maximum atomic E-state index is 12.1. The summed E-state index contributed by atoms with van der Waals surface area (Å²) in [6.07, 6.45) is 6.60. The van der Waals surface area contributed by atoms with Gasteiger partial charge in [-0.15, -0.1) is 0 Å². The Bertz CT molecular complexity index is 499. The van der Waals surface area contributed by atoms with Crippen LogP contribution >= 0.6 is 0 Å². The molecular weight excluding hydrogens is 278 g/mol. The van der Waals surface area contributed by atoms with Crippen molar-refractivity contribution in [1.29, 1.82) is 0 Å². The predicted octanol–water partition coefficient (Wildman–Crippen LogP) is 2.80. The number of aryl methyl sites for hydroxylation is 2. The van der Waals surface area contributed by atoms with Crippen molar-refractivity contribution in [2.75, 3.05) is 20.2 Å². The van der Waals surface area contributed by atoms with E-state index >= 15 is 0 Å². The van der Waals surface area contributed by atoms with Crippen molar-refractivity contribution in [3.8, 4) is 0 Å². The first-order valence-electron chi connectivity index (χ1n) is 8.09. The number of pyridine rings is 1. The normalized spacial score (nSPS) is 17.5. The van der Waals surface area contributed by atoms with Crippen molar-refractivity contribution in [1.82, 2.24) is 15.2 Å². The summed E-state index contributed by atoms with van der Waals surface area (Å²) in [5, 5.41) is 2.95. The lowest BCUT2D eigenvalue weighted by Gasteiger charge is -2.19. The minimum Gasteiger partial charge on any atom is -0.378 e. The van der Waals surface area contributed by atoms with E-state index in [1.165, 1.54) is 6.42 Å². The van der Waals surface area contributed by atoms with Crippen molar-refractivity contribution in [2.24, 2.45) is 0 Å². The molecule has 1 atom stereocenters. The van der Waals surface area contributed by atoms with E-state index in [0.717, 1.165) is 49.2 Å². The molecule has 2 rings (SSSR count). The van der Waals surface area contributed by atoms with Gasteiger partial charge in [-0.2, -0.15) is 0 Å². The first kappa shape index (κ1) is 16.7. The Labute approximate surface area is 133 Å². The first-order valence-corrected chi connectivity index (χ1v) is 8.09. The van der Waals surface area contributed by atoms with Gasteiger partial charge in [0.1, 0.15) is 0 Å². The maximum Gasteiger partial charge on any atom is 0.317 e. The second-order valence-corrected chi connectivity index (χ2v) is 6.11. The van der Waals surface area contributed by atoms with E-state index in [1.54, 1.807) is 4.90 Å². The number of carbonyl (C=O) groups excluding carboxylic acids is 1. The number of nitrogens with one attached hydrogen (secondary N) is 1. The number of ether oxygens (including phenoxy) is 1. The van der Waals surface area contributed by atoms with Crippen LogP contribution in [-0.2, 0) is 11.3 Å². The molecule has 22 heavy (non-hydrogen) atoms. The Balaban J connectivity index is 1.69. The molecule has 0 spiro atoms. The van der Waals surface area contributed by atoms with Crippen molar-refractivity contribution >= 4 is 6.03 Å². The van der Waals surface area contributed by atoms with Crippen LogP contribution in [0.25, 0.3) is 0 Å². The summed E-state index contributed by atoms with van der Waals surface area (Å²) in [7, 11) is 1.84. The van der Waals surface area contributed by atoms with Gasteiger partial charge in [0.05, 0.1) is 6.10 Å². The number of aromatic nitrogens is 1. The Hall–Kier alpha value is -1.62. The summed E-state index contributed by atoms with van der Waals surface area (Å²) in [5.41, 5.74) is 3.22. The molecule has 1 fully saturated rings. The van der Waals surface area contributed by atoms with Gasteiger partial charge >= 0.3 is 6.03 Å². The number of nitrogens with zero attached hydrogens (tertiary/aromatic N) is 2. The summed E-state index contributed by atoms with van der Waals surface area (Å²) in [4.78, 5) is 18.1. The third-order valence-electron chi connectivity index (χ3n) is 4.18. The number of rotatable bonds is 6. The quantitative estimate of drug-likeness (QED) is 0.879. The van der Waals surface area contributed by atoms with Crippen molar-refractivity contribution in [3.63, 3.8) is 0 Å². The number of hydrogen-bond acceptors (Lipinski definition) is 3. The molecule has 5 nitrogen and oxygen atoms in total. The highest BCUT2D eigenvalue weighted by atomic mass is 16.5. The van der Waals surface area contributed by atoms with Crippen LogP contribution in [0, 0.1) is 13.8 Å². The predicted molar refractivity (Wildman–Crippen MR) is 86.8 cm³/mol. The number of hydrogen-bond donors (Lipinski definition) is 1. The van der Waals surface area contributed by atoms with Gasteiger partial charge in [-0.1, -0.05) is 0 Å². The molecule has 2 heterocycles. The number of urea groups is 1. The van der Waals surface area contributed by atoms with Gasteiger partial charge in [0, 0.05) is 38.6 Å². The zero-order valence-electron chi connectivity index (χ0n) is 13.9. The fraction of sp³-hybridized carbons (Fsp3) is 0.647. The van der Waals surface area contributed by atoms with E-state index in [1.807, 2.05) is 33.2 Å². The molecule has 1 aliphatic heterocycles. The summed E-state index contributed by atoms with van der Waals surface area (Å²) < 4.78 is 5.60. The monoisotopic (exact) mass is 305 g/mol. The maximum absolute atomic E-state index is 12.1. The van der Waals surface area contributed by atoms with Crippen LogP contribution in [0.1, 0.15) is 42.5 Å². The lowest BCUT2D eigenvalue weighted by Crippen LogP contribution is -2.37. The molecule has 1 N–H and O–H groups in total. The summed E-state index contributed by atoms with van der Waals surface area (Å²) in [6, 6.07) is 2.00. The molecule has 1 saturated heterocycles. The number of carbonyl (C=O) groups is 1. The fourth-order valence-electron chi connectivity index (χ4n) is 2.75. The minimum atomic E-state index is -0.0349. The standard InChI is InChI=1S/C17H27N3O2/c1-13-10-14(2)18-11-15(13)12-19-17(21)20(3)8-4-6-16-7-5-9-22-16/h10-11,16H,4-9,12H2,1-3H3,(H,19,21)/t16-/m1/s1. The SMILES string of the molecule is Cc1cc(C)c(CNC(=O)N(C)CCC[C@@H]2CCCO2)cn1. The van der Waals surface area contributed by atoms with E-state index in [4.69, 9.17) is 4.74 Å². The summed E-state index contributed by atoms with van der Waals surface area (Å²) in [6.45, 7) is 6.19. The van der Waals surface area contributed by atoms with E-state index in [0.29, 0.717) is 12.6 Å². The Morgan fingerprint density at radius 2 is 2.32 bits per heavy atom. The van der Waals surface area contributed by atoms with Crippen LogP contribution in [0.5, 0.6) is 0 Å². The van der Waals surface area contributed by atoms with Gasteiger partial charge in [-0.05, 0) is 56.7 Å². The van der Waals surface area contributed by atoms with Gasteiger partial charge in [-0.25, -0.2) is 4.79 Å². The van der Waals surface area contributed by atoms with Gasteiger partial charge in [0.2, 0.25) is 0 Å². The van der Waals surface area contributed by atoms with E-state index in [9.17, 15) is 4.79 Å². The first-order chi connectivity index (χ1) is 10.6. The molecule has 1 aromatic rings.